The van der Waals surface area contributed by atoms with E-state index in [1.165, 1.54) is 18.2 Å². The molecule has 2 N–H and O–H groups in total. The molecule has 0 atom stereocenters. The molecule has 0 bridgehead atoms. The molecule has 2 rings (SSSR count). The van der Waals surface area contributed by atoms with Gasteiger partial charge in [0.2, 0.25) is 0 Å². The molecule has 0 unspecified atom stereocenters. The van der Waals surface area contributed by atoms with Gasteiger partial charge in [-0.3, -0.25) is 0 Å². The lowest BCUT2D eigenvalue weighted by Gasteiger charge is -2.14. The number of hydrogen-bond acceptors (Lipinski definition) is 2. The number of benzene rings is 2. The van der Waals surface area contributed by atoms with E-state index in [2.05, 4.69) is 10.6 Å². The highest BCUT2D eigenvalue weighted by Gasteiger charge is 2.33. The fraction of sp³-hybridized carbons (Fsp3) is 0.133. The molecule has 0 aromatic heterocycles. The molecule has 7 heteroatoms. The monoisotopic (exact) mass is 310 g/mol. The van der Waals surface area contributed by atoms with Crippen LogP contribution in [0.25, 0.3) is 0 Å². The zero-order valence-corrected chi connectivity index (χ0v) is 11.4. The Balaban J connectivity index is 1.90. The summed E-state index contributed by atoms with van der Waals surface area (Å²) in [6.07, 6.45) is -4.54. The van der Waals surface area contributed by atoms with E-state index in [9.17, 15) is 18.0 Å². The van der Waals surface area contributed by atoms with Crippen molar-refractivity contribution in [3.8, 4) is 5.75 Å². The van der Waals surface area contributed by atoms with Crippen LogP contribution >= 0.6 is 0 Å². The van der Waals surface area contributed by atoms with Crippen LogP contribution in [-0.4, -0.2) is 12.8 Å². The summed E-state index contributed by atoms with van der Waals surface area (Å²) in [6.45, 7) is -0.163. The van der Waals surface area contributed by atoms with Crippen LogP contribution in [0.2, 0.25) is 0 Å². The molecule has 2 aromatic rings. The number of para-hydroxylation sites is 2. The summed E-state index contributed by atoms with van der Waals surface area (Å²) in [5.74, 6) is 0.540. The van der Waals surface area contributed by atoms with Gasteiger partial charge in [0.1, 0.15) is 5.75 Å². The maximum Gasteiger partial charge on any atom is 0.418 e. The lowest BCUT2D eigenvalue weighted by molar-refractivity contribution is -0.136. The zero-order chi connectivity index (χ0) is 16.0. The summed E-state index contributed by atoms with van der Waals surface area (Å²) in [4.78, 5) is 11.6. The van der Waals surface area contributed by atoms with E-state index >= 15 is 0 Å². The van der Waals surface area contributed by atoms with Gasteiger partial charge in [-0.05, 0) is 24.3 Å². The minimum absolute atomic E-state index is 0.163. The first-order chi connectivity index (χ1) is 10.5. The first-order valence-electron chi connectivity index (χ1n) is 6.36. The molecule has 22 heavy (non-hydrogen) atoms. The fourth-order valence-corrected chi connectivity index (χ4v) is 1.71. The normalized spacial score (nSPS) is 10.9. The minimum atomic E-state index is -4.54. The molecule has 0 aliphatic rings. The van der Waals surface area contributed by atoms with E-state index in [1.807, 2.05) is 0 Å². The van der Waals surface area contributed by atoms with Crippen LogP contribution in [0.4, 0.5) is 23.7 Å². The van der Waals surface area contributed by atoms with Crippen LogP contribution in [0.3, 0.4) is 0 Å². The predicted octanol–water partition coefficient (Wildman–Crippen LogP) is 3.86. The van der Waals surface area contributed by atoms with Gasteiger partial charge in [-0.1, -0.05) is 30.3 Å². The second-order valence-electron chi connectivity index (χ2n) is 4.28. The van der Waals surface area contributed by atoms with Gasteiger partial charge in [0.15, 0.2) is 6.73 Å². The van der Waals surface area contributed by atoms with Crippen molar-refractivity contribution in [1.29, 1.82) is 0 Å². The molecule has 0 aliphatic carbocycles. The Morgan fingerprint density at radius 2 is 1.64 bits per heavy atom. The highest BCUT2D eigenvalue weighted by atomic mass is 19.4. The first-order valence-corrected chi connectivity index (χ1v) is 6.36. The predicted molar refractivity (Wildman–Crippen MR) is 75.5 cm³/mol. The Morgan fingerprint density at radius 1 is 1.00 bits per heavy atom. The Labute approximate surface area is 124 Å². The summed E-state index contributed by atoms with van der Waals surface area (Å²) in [5, 5.41) is 4.47. The van der Waals surface area contributed by atoms with Crippen molar-refractivity contribution in [2.75, 3.05) is 12.0 Å². The van der Waals surface area contributed by atoms with Gasteiger partial charge >= 0.3 is 12.2 Å². The molecule has 2 amide bonds. The number of carbonyl (C=O) groups is 1. The van der Waals surface area contributed by atoms with Crippen molar-refractivity contribution < 1.29 is 22.7 Å². The molecule has 0 spiro atoms. The summed E-state index contributed by atoms with van der Waals surface area (Å²) >= 11 is 0. The molecule has 4 nitrogen and oxygen atoms in total. The maximum atomic E-state index is 12.8. The Morgan fingerprint density at radius 3 is 2.32 bits per heavy atom. The number of nitrogens with one attached hydrogen (secondary N) is 2. The van der Waals surface area contributed by atoms with Crippen molar-refractivity contribution in [2.45, 2.75) is 6.18 Å². The lowest BCUT2D eigenvalue weighted by Crippen LogP contribution is -2.32. The second kappa shape index (κ2) is 6.84. The molecule has 0 aliphatic heterocycles. The number of alkyl halides is 3. The standard InChI is InChI=1S/C15H13F3N2O2/c16-15(17,18)12-8-4-5-9-13(12)20-14(21)19-10-22-11-6-2-1-3-7-11/h1-9H,10H2,(H2,19,20,21). The van der Waals surface area contributed by atoms with Crippen molar-refractivity contribution in [3.63, 3.8) is 0 Å². The van der Waals surface area contributed by atoms with Crippen LogP contribution in [0, 0.1) is 0 Å². The van der Waals surface area contributed by atoms with Crippen molar-refractivity contribution >= 4 is 11.7 Å². The number of anilines is 1. The average Bonchev–Trinajstić information content (AvgIpc) is 2.48. The van der Waals surface area contributed by atoms with Gasteiger partial charge in [0.25, 0.3) is 0 Å². The Bertz CT molecular complexity index is 630. The highest BCUT2D eigenvalue weighted by molar-refractivity contribution is 5.90. The smallest absolute Gasteiger partial charge is 0.418 e. The third kappa shape index (κ3) is 4.41. The van der Waals surface area contributed by atoms with E-state index in [1.54, 1.807) is 30.3 Å². The molecule has 116 valence electrons. The summed E-state index contributed by atoms with van der Waals surface area (Å²) in [5.41, 5.74) is -1.22. The van der Waals surface area contributed by atoms with Crippen molar-refractivity contribution in [1.82, 2.24) is 5.32 Å². The molecule has 0 saturated carbocycles. The van der Waals surface area contributed by atoms with Gasteiger partial charge in [-0.2, -0.15) is 13.2 Å². The number of ether oxygens (including phenoxy) is 1. The highest BCUT2D eigenvalue weighted by Crippen LogP contribution is 2.34. The number of urea groups is 1. The van der Waals surface area contributed by atoms with Gasteiger partial charge in [0, 0.05) is 0 Å². The molecule has 0 radical (unpaired) electrons. The summed E-state index contributed by atoms with van der Waals surface area (Å²) in [6, 6.07) is 12.7. The Kier molecular flexibility index (Phi) is 4.88. The molecule has 2 aromatic carbocycles. The van der Waals surface area contributed by atoms with E-state index in [-0.39, 0.29) is 12.4 Å². The molecular formula is C15H13F3N2O2. The van der Waals surface area contributed by atoms with Crippen molar-refractivity contribution in [3.05, 3.63) is 60.2 Å². The number of rotatable bonds is 4. The summed E-state index contributed by atoms with van der Waals surface area (Å²) in [7, 11) is 0. The minimum Gasteiger partial charge on any atom is -0.473 e. The van der Waals surface area contributed by atoms with Gasteiger partial charge in [-0.15, -0.1) is 0 Å². The fourth-order valence-electron chi connectivity index (χ4n) is 1.71. The first kappa shape index (κ1) is 15.7. The van der Waals surface area contributed by atoms with Gasteiger partial charge in [-0.25, -0.2) is 4.79 Å². The van der Waals surface area contributed by atoms with Crippen LogP contribution in [0.15, 0.2) is 54.6 Å². The van der Waals surface area contributed by atoms with E-state index in [0.717, 1.165) is 6.07 Å². The average molecular weight is 310 g/mol. The molecule has 0 saturated heterocycles. The third-order valence-corrected chi connectivity index (χ3v) is 2.70. The van der Waals surface area contributed by atoms with Crippen LogP contribution in [0.5, 0.6) is 5.75 Å². The third-order valence-electron chi connectivity index (χ3n) is 2.70. The second-order valence-corrected chi connectivity index (χ2v) is 4.28. The zero-order valence-electron chi connectivity index (χ0n) is 11.4. The van der Waals surface area contributed by atoms with E-state index in [0.29, 0.717) is 5.75 Å². The quantitative estimate of drug-likeness (QED) is 0.842. The Hall–Kier alpha value is -2.70. The molecule has 0 heterocycles. The number of amides is 2. The SMILES string of the molecule is O=C(NCOc1ccccc1)Nc1ccccc1C(F)(F)F. The molecular weight excluding hydrogens is 297 g/mol. The maximum absolute atomic E-state index is 12.8. The number of carbonyl (C=O) groups excluding carboxylic acids is 1. The molecule has 0 fully saturated rings. The largest absolute Gasteiger partial charge is 0.473 e. The van der Waals surface area contributed by atoms with Gasteiger partial charge in [0.05, 0.1) is 11.3 Å². The van der Waals surface area contributed by atoms with Crippen LogP contribution in [-0.2, 0) is 6.18 Å². The van der Waals surface area contributed by atoms with E-state index in [4.69, 9.17) is 4.74 Å². The topological polar surface area (TPSA) is 50.4 Å². The summed E-state index contributed by atoms with van der Waals surface area (Å²) < 4.78 is 43.5. The van der Waals surface area contributed by atoms with Crippen LogP contribution < -0.4 is 15.4 Å². The van der Waals surface area contributed by atoms with Crippen LogP contribution in [0.1, 0.15) is 5.56 Å². The van der Waals surface area contributed by atoms with Crippen molar-refractivity contribution in [2.24, 2.45) is 0 Å². The lowest BCUT2D eigenvalue weighted by atomic mass is 10.1. The van der Waals surface area contributed by atoms with E-state index < -0.39 is 17.8 Å². The van der Waals surface area contributed by atoms with Gasteiger partial charge < -0.3 is 15.4 Å². The number of hydrogen-bond donors (Lipinski definition) is 2. The number of halogens is 3.